The van der Waals surface area contributed by atoms with Crippen molar-refractivity contribution in [1.29, 1.82) is 0 Å². The number of thioether (sulfide) groups is 1. The number of esters is 1. The summed E-state index contributed by atoms with van der Waals surface area (Å²) in [5.41, 5.74) is 1.84. The van der Waals surface area contributed by atoms with Crippen molar-refractivity contribution < 1.29 is 24.2 Å². The predicted octanol–water partition coefficient (Wildman–Crippen LogP) is 5.73. The number of hydrogen-bond donors (Lipinski definition) is 1. The number of aryl methyl sites for hydroxylation is 1. The molecule has 0 spiro atoms. The quantitative estimate of drug-likeness (QED) is 0.193. The Labute approximate surface area is 198 Å². The summed E-state index contributed by atoms with van der Waals surface area (Å²) in [4.78, 5) is 24.6. The van der Waals surface area contributed by atoms with Gasteiger partial charge in [-0.1, -0.05) is 56.1 Å². The Morgan fingerprint density at radius 3 is 2.78 bits per heavy atom. The van der Waals surface area contributed by atoms with Crippen LogP contribution in [-0.4, -0.2) is 35.0 Å². The number of fused-ring (bicyclic) bond motifs is 1. The number of carbonyl (C=O) groups is 2. The van der Waals surface area contributed by atoms with E-state index < -0.39 is 11.6 Å². The normalized spacial score (nSPS) is 17.7. The molecular weight excluding hydrogens is 448 g/mol. The van der Waals surface area contributed by atoms with Gasteiger partial charge in [-0.3, -0.25) is 4.79 Å². The van der Waals surface area contributed by atoms with E-state index in [4.69, 9.17) is 26.2 Å². The number of ether oxygens (including phenoxy) is 2. The summed E-state index contributed by atoms with van der Waals surface area (Å²) in [5.74, 6) is 0.294. The minimum atomic E-state index is -0.946. The zero-order valence-electron chi connectivity index (χ0n) is 18.5. The first-order chi connectivity index (χ1) is 15.4. The van der Waals surface area contributed by atoms with Gasteiger partial charge in [-0.15, -0.1) is 11.8 Å². The van der Waals surface area contributed by atoms with Crippen molar-refractivity contribution in [3.05, 3.63) is 58.1 Å². The van der Waals surface area contributed by atoms with Gasteiger partial charge in [0.05, 0.1) is 11.4 Å². The lowest BCUT2D eigenvalue weighted by Crippen LogP contribution is -2.49. The molecule has 1 aliphatic heterocycles. The molecule has 2 aromatic rings. The molecule has 0 aromatic heterocycles. The summed E-state index contributed by atoms with van der Waals surface area (Å²) in [6, 6.07) is 11.4. The highest BCUT2D eigenvalue weighted by atomic mass is 35.5. The highest BCUT2D eigenvalue weighted by Gasteiger charge is 2.44. The van der Waals surface area contributed by atoms with Crippen molar-refractivity contribution in [2.24, 2.45) is 0 Å². The fraction of sp³-hybridized carbons (Fsp3) is 0.440. The summed E-state index contributed by atoms with van der Waals surface area (Å²) < 4.78 is 11.9. The predicted molar refractivity (Wildman–Crippen MR) is 127 cm³/mol. The standard InChI is InChI=1S/C25H29ClO5S/c1-3-7-18-8-5-9-19-16-25(4-2,24(29)31-23(18)19)30-12-6-13-32-21-11-10-17(14-20(21)26)15-22(27)28/h5,8-11,14H,3-4,6-7,12-13,15-16H2,1-2H3,(H,27,28). The summed E-state index contributed by atoms with van der Waals surface area (Å²) in [5, 5.41) is 9.44. The van der Waals surface area contributed by atoms with Gasteiger partial charge in [0.25, 0.3) is 0 Å². The van der Waals surface area contributed by atoms with E-state index >= 15 is 0 Å². The van der Waals surface area contributed by atoms with Crippen LogP contribution in [-0.2, 0) is 33.6 Å². The minimum absolute atomic E-state index is 0.0449. The highest BCUT2D eigenvalue weighted by molar-refractivity contribution is 7.99. The number of carboxylic acid groups (broad SMARTS) is 1. The number of carboxylic acids is 1. The lowest BCUT2D eigenvalue weighted by atomic mass is 9.87. The second-order valence-corrected chi connectivity index (χ2v) is 9.50. The van der Waals surface area contributed by atoms with Crippen LogP contribution in [0.15, 0.2) is 41.3 Å². The van der Waals surface area contributed by atoms with Gasteiger partial charge in [-0.05, 0) is 48.1 Å². The van der Waals surface area contributed by atoms with Crippen molar-refractivity contribution in [2.45, 2.75) is 62.9 Å². The third-order valence-corrected chi connectivity index (χ3v) is 7.17. The maximum atomic E-state index is 12.9. The lowest BCUT2D eigenvalue weighted by Gasteiger charge is -2.35. The molecule has 0 bridgehead atoms. The molecule has 0 saturated carbocycles. The molecular formula is C25H29ClO5S. The van der Waals surface area contributed by atoms with E-state index in [1.807, 2.05) is 31.2 Å². The van der Waals surface area contributed by atoms with Gasteiger partial charge in [0.15, 0.2) is 5.60 Å². The van der Waals surface area contributed by atoms with Crippen molar-refractivity contribution in [2.75, 3.05) is 12.4 Å². The average molecular weight is 477 g/mol. The van der Waals surface area contributed by atoms with E-state index in [1.165, 1.54) is 0 Å². The number of hydrogen-bond acceptors (Lipinski definition) is 5. The summed E-state index contributed by atoms with van der Waals surface area (Å²) >= 11 is 7.88. The van der Waals surface area contributed by atoms with Crippen molar-refractivity contribution >= 4 is 35.3 Å². The minimum Gasteiger partial charge on any atom is -0.481 e. The van der Waals surface area contributed by atoms with Gasteiger partial charge in [-0.25, -0.2) is 4.79 Å². The molecule has 1 unspecified atom stereocenters. The largest absolute Gasteiger partial charge is 0.481 e. The molecule has 0 amide bonds. The van der Waals surface area contributed by atoms with Gasteiger partial charge in [0, 0.05) is 23.7 Å². The molecule has 1 atom stereocenters. The molecule has 0 aliphatic carbocycles. The molecule has 0 fully saturated rings. The number of rotatable bonds is 11. The van der Waals surface area contributed by atoms with Crippen molar-refractivity contribution in [3.8, 4) is 5.75 Å². The highest BCUT2D eigenvalue weighted by Crippen LogP contribution is 2.37. The van der Waals surface area contributed by atoms with Crippen LogP contribution < -0.4 is 4.74 Å². The first kappa shape index (κ1) is 24.6. The van der Waals surface area contributed by atoms with Gasteiger partial charge in [0.1, 0.15) is 5.75 Å². The molecule has 7 heteroatoms. The number of halogens is 1. The Balaban J connectivity index is 1.55. The average Bonchev–Trinajstić information content (AvgIpc) is 2.75. The second kappa shape index (κ2) is 11.2. The summed E-state index contributed by atoms with van der Waals surface area (Å²) in [7, 11) is 0. The Morgan fingerprint density at radius 1 is 1.28 bits per heavy atom. The number of aliphatic carboxylic acids is 1. The van der Waals surface area contributed by atoms with Crippen LogP contribution in [0.2, 0.25) is 5.02 Å². The summed E-state index contributed by atoms with van der Waals surface area (Å²) in [6.45, 7) is 4.50. The van der Waals surface area contributed by atoms with Crippen molar-refractivity contribution in [1.82, 2.24) is 0 Å². The molecule has 1 aliphatic rings. The van der Waals surface area contributed by atoms with Crippen LogP contribution in [0, 0.1) is 0 Å². The Kier molecular flexibility index (Phi) is 8.63. The fourth-order valence-corrected chi connectivity index (χ4v) is 5.09. The van der Waals surface area contributed by atoms with Crippen LogP contribution in [0.5, 0.6) is 5.75 Å². The molecule has 0 saturated heterocycles. The van der Waals surface area contributed by atoms with Gasteiger partial charge >= 0.3 is 11.9 Å². The smallest absolute Gasteiger partial charge is 0.344 e. The van der Waals surface area contributed by atoms with E-state index in [2.05, 4.69) is 6.92 Å². The zero-order valence-corrected chi connectivity index (χ0v) is 20.1. The first-order valence-corrected chi connectivity index (χ1v) is 12.3. The maximum Gasteiger partial charge on any atom is 0.344 e. The molecule has 1 N–H and O–H groups in total. The van der Waals surface area contributed by atoms with E-state index in [-0.39, 0.29) is 12.4 Å². The lowest BCUT2D eigenvalue weighted by molar-refractivity contribution is -0.166. The third kappa shape index (κ3) is 5.85. The molecule has 32 heavy (non-hydrogen) atoms. The molecule has 1 heterocycles. The topological polar surface area (TPSA) is 72.8 Å². The molecule has 0 radical (unpaired) electrons. The van der Waals surface area contributed by atoms with E-state index in [9.17, 15) is 9.59 Å². The Morgan fingerprint density at radius 2 is 2.09 bits per heavy atom. The Bertz CT molecular complexity index is 977. The molecule has 172 valence electrons. The van der Waals surface area contributed by atoms with E-state index in [0.717, 1.165) is 41.0 Å². The fourth-order valence-electron chi connectivity index (χ4n) is 3.88. The maximum absolute atomic E-state index is 12.9. The van der Waals surface area contributed by atoms with Gasteiger partial charge in [-0.2, -0.15) is 0 Å². The number of para-hydroxylation sites is 1. The van der Waals surface area contributed by atoms with Gasteiger partial charge in [0.2, 0.25) is 0 Å². The van der Waals surface area contributed by atoms with Crippen LogP contribution >= 0.6 is 23.4 Å². The monoisotopic (exact) mass is 476 g/mol. The van der Waals surface area contributed by atoms with E-state index in [0.29, 0.717) is 35.8 Å². The molecule has 3 rings (SSSR count). The number of benzene rings is 2. The Hall–Kier alpha value is -2.02. The van der Waals surface area contributed by atoms with Gasteiger partial charge < -0.3 is 14.6 Å². The SMILES string of the molecule is CCCc1cccc2c1OC(=O)C(CC)(OCCCSc1ccc(CC(=O)O)cc1Cl)C2. The van der Waals surface area contributed by atoms with Crippen LogP contribution in [0.4, 0.5) is 0 Å². The van der Waals surface area contributed by atoms with Crippen LogP contribution in [0.25, 0.3) is 0 Å². The molecule has 2 aromatic carbocycles. The summed E-state index contributed by atoms with van der Waals surface area (Å²) in [6.07, 6.45) is 3.65. The first-order valence-electron chi connectivity index (χ1n) is 11.0. The molecule has 5 nitrogen and oxygen atoms in total. The number of carbonyl (C=O) groups excluding carboxylic acids is 1. The van der Waals surface area contributed by atoms with Crippen LogP contribution in [0.1, 0.15) is 49.8 Å². The van der Waals surface area contributed by atoms with E-state index in [1.54, 1.807) is 23.9 Å². The third-order valence-electron chi connectivity index (χ3n) is 5.59. The zero-order chi connectivity index (χ0) is 23.1. The second-order valence-electron chi connectivity index (χ2n) is 7.96. The van der Waals surface area contributed by atoms with Crippen LogP contribution in [0.3, 0.4) is 0 Å². The van der Waals surface area contributed by atoms with Crippen molar-refractivity contribution in [3.63, 3.8) is 0 Å².